The molecule has 0 aliphatic rings. The van der Waals surface area contributed by atoms with Gasteiger partial charge in [-0.05, 0) is 43.7 Å². The summed E-state index contributed by atoms with van der Waals surface area (Å²) in [7, 11) is 1.34. The molecule has 1 unspecified atom stereocenters. The maximum Gasteiger partial charge on any atom is 0.311 e. The molecule has 0 aromatic heterocycles. The van der Waals surface area contributed by atoms with Gasteiger partial charge in [-0.3, -0.25) is 14.9 Å². The number of methoxy groups -OCH3 is 1. The summed E-state index contributed by atoms with van der Waals surface area (Å²) in [5.74, 6) is -0.204. The summed E-state index contributed by atoms with van der Waals surface area (Å²) >= 11 is 0. The summed E-state index contributed by atoms with van der Waals surface area (Å²) in [6.45, 7) is 4.15. The van der Waals surface area contributed by atoms with Crippen molar-refractivity contribution in [2.24, 2.45) is 0 Å². The first-order valence-electron chi connectivity index (χ1n) is 8.06. The van der Waals surface area contributed by atoms with Crippen molar-refractivity contribution in [2.45, 2.75) is 19.9 Å². The summed E-state index contributed by atoms with van der Waals surface area (Å²) in [6, 6.07) is 13.0. The van der Waals surface area contributed by atoms with Crippen molar-refractivity contribution in [3.05, 3.63) is 69.3 Å². The van der Waals surface area contributed by atoms with E-state index >= 15 is 0 Å². The van der Waals surface area contributed by atoms with Crippen LogP contribution < -0.4 is 4.74 Å². The number of rotatable bonds is 6. The number of benzene rings is 2. The summed E-state index contributed by atoms with van der Waals surface area (Å²) < 4.78 is 4.97. The highest BCUT2D eigenvalue weighted by Gasteiger charge is 2.24. The zero-order valence-electron chi connectivity index (χ0n) is 14.8. The lowest BCUT2D eigenvalue weighted by atomic mass is 10.0. The SMILES string of the molecule is CCN(C(=O)c1ccc(OC)c([N+](=O)[O-])c1)C(C)c1ccc(C#N)cc1. The molecule has 0 bridgehead atoms. The van der Waals surface area contributed by atoms with Gasteiger partial charge in [0.15, 0.2) is 5.75 Å². The molecule has 7 nitrogen and oxygen atoms in total. The van der Waals surface area contributed by atoms with Crippen LogP contribution in [-0.4, -0.2) is 29.4 Å². The lowest BCUT2D eigenvalue weighted by molar-refractivity contribution is -0.385. The molecule has 0 N–H and O–H groups in total. The van der Waals surface area contributed by atoms with Crippen LogP contribution in [0.4, 0.5) is 5.69 Å². The van der Waals surface area contributed by atoms with Crippen molar-refractivity contribution in [1.29, 1.82) is 5.26 Å². The number of nitro groups is 1. The third-order valence-corrected chi connectivity index (χ3v) is 4.21. The van der Waals surface area contributed by atoms with Crippen molar-refractivity contribution in [3.63, 3.8) is 0 Å². The molecule has 0 aliphatic carbocycles. The molecule has 1 atom stereocenters. The summed E-state index contributed by atoms with van der Waals surface area (Å²) in [5.41, 5.74) is 1.39. The van der Waals surface area contributed by atoms with Crippen LogP contribution in [0.2, 0.25) is 0 Å². The molecular formula is C19H19N3O4. The molecule has 0 saturated carbocycles. The topological polar surface area (TPSA) is 96.5 Å². The maximum atomic E-state index is 12.9. The van der Waals surface area contributed by atoms with E-state index in [2.05, 4.69) is 6.07 Å². The van der Waals surface area contributed by atoms with Gasteiger partial charge in [0.2, 0.25) is 0 Å². The number of nitrogens with zero attached hydrogens (tertiary/aromatic N) is 3. The van der Waals surface area contributed by atoms with Gasteiger partial charge in [0.05, 0.1) is 29.7 Å². The Hall–Kier alpha value is -3.40. The molecule has 7 heteroatoms. The quantitative estimate of drug-likeness (QED) is 0.583. The number of ether oxygens (including phenoxy) is 1. The van der Waals surface area contributed by atoms with E-state index in [1.807, 2.05) is 13.8 Å². The minimum Gasteiger partial charge on any atom is -0.490 e. The molecule has 0 radical (unpaired) electrons. The molecule has 2 aromatic rings. The number of nitriles is 1. The Morgan fingerprint density at radius 1 is 1.31 bits per heavy atom. The van der Waals surface area contributed by atoms with Crippen LogP contribution in [0.25, 0.3) is 0 Å². The zero-order chi connectivity index (χ0) is 19.3. The van der Waals surface area contributed by atoms with Crippen molar-refractivity contribution >= 4 is 11.6 Å². The first-order chi connectivity index (χ1) is 12.4. The van der Waals surface area contributed by atoms with Crippen molar-refractivity contribution in [3.8, 4) is 11.8 Å². The Morgan fingerprint density at radius 3 is 2.46 bits per heavy atom. The number of carbonyl (C=O) groups is 1. The molecular weight excluding hydrogens is 334 g/mol. The van der Waals surface area contributed by atoms with E-state index in [1.165, 1.54) is 25.3 Å². The van der Waals surface area contributed by atoms with Gasteiger partial charge in [-0.25, -0.2) is 0 Å². The standard InChI is InChI=1S/C19H19N3O4/c1-4-21(13(2)15-7-5-14(12-20)6-8-15)19(23)16-9-10-18(26-3)17(11-16)22(24)25/h5-11,13H,4H2,1-3H3. The van der Waals surface area contributed by atoms with E-state index in [1.54, 1.807) is 29.2 Å². The fraction of sp³-hybridized carbons (Fsp3) is 0.263. The number of hydrogen-bond donors (Lipinski definition) is 0. The lowest BCUT2D eigenvalue weighted by Crippen LogP contribution is -2.33. The second-order valence-corrected chi connectivity index (χ2v) is 5.64. The molecule has 0 spiro atoms. The van der Waals surface area contributed by atoms with Crippen LogP contribution in [-0.2, 0) is 0 Å². The molecule has 0 saturated heterocycles. The summed E-state index contributed by atoms with van der Waals surface area (Å²) in [4.78, 5) is 25.1. The van der Waals surface area contributed by atoms with Gasteiger partial charge in [-0.2, -0.15) is 5.26 Å². The van der Waals surface area contributed by atoms with Crippen LogP contribution in [0.15, 0.2) is 42.5 Å². The second-order valence-electron chi connectivity index (χ2n) is 5.64. The molecule has 2 rings (SSSR count). The molecule has 0 aliphatic heterocycles. The summed E-state index contributed by atoms with van der Waals surface area (Å²) in [5, 5.41) is 20.1. The maximum absolute atomic E-state index is 12.9. The summed E-state index contributed by atoms with van der Waals surface area (Å²) in [6.07, 6.45) is 0. The highest BCUT2D eigenvalue weighted by Crippen LogP contribution is 2.29. The largest absolute Gasteiger partial charge is 0.490 e. The average Bonchev–Trinajstić information content (AvgIpc) is 2.67. The molecule has 1 amide bonds. The van der Waals surface area contributed by atoms with Crippen LogP contribution in [0.1, 0.15) is 41.4 Å². The average molecular weight is 353 g/mol. The molecule has 0 fully saturated rings. The van der Waals surface area contributed by atoms with Gasteiger partial charge in [0.25, 0.3) is 5.91 Å². The Kier molecular flexibility index (Phi) is 5.91. The fourth-order valence-electron chi connectivity index (χ4n) is 2.74. The first-order valence-corrected chi connectivity index (χ1v) is 8.06. The van der Waals surface area contributed by atoms with Gasteiger partial charge in [-0.15, -0.1) is 0 Å². The predicted octanol–water partition coefficient (Wildman–Crippen LogP) is 3.70. The first kappa shape index (κ1) is 18.9. The normalized spacial score (nSPS) is 11.3. The van der Waals surface area contributed by atoms with Gasteiger partial charge in [0.1, 0.15) is 0 Å². The van der Waals surface area contributed by atoms with E-state index in [9.17, 15) is 14.9 Å². The number of nitro benzene ring substituents is 1. The number of hydrogen-bond acceptors (Lipinski definition) is 5. The Morgan fingerprint density at radius 2 is 1.96 bits per heavy atom. The molecule has 134 valence electrons. The van der Waals surface area contributed by atoms with E-state index in [0.717, 1.165) is 5.56 Å². The highest BCUT2D eigenvalue weighted by atomic mass is 16.6. The fourth-order valence-corrected chi connectivity index (χ4v) is 2.74. The van der Waals surface area contributed by atoms with Crippen LogP contribution in [0.3, 0.4) is 0 Å². The van der Waals surface area contributed by atoms with Crippen LogP contribution >= 0.6 is 0 Å². The minimum atomic E-state index is -0.573. The molecule has 2 aromatic carbocycles. The van der Waals surface area contributed by atoms with Crippen molar-refractivity contribution < 1.29 is 14.5 Å². The highest BCUT2D eigenvalue weighted by molar-refractivity contribution is 5.95. The van der Waals surface area contributed by atoms with Gasteiger partial charge in [0, 0.05) is 18.2 Å². The third-order valence-electron chi connectivity index (χ3n) is 4.21. The minimum absolute atomic E-state index is 0.106. The lowest BCUT2D eigenvalue weighted by Gasteiger charge is -2.28. The van der Waals surface area contributed by atoms with Crippen molar-refractivity contribution in [1.82, 2.24) is 4.90 Å². The zero-order valence-corrected chi connectivity index (χ0v) is 14.8. The van der Waals surface area contributed by atoms with E-state index in [4.69, 9.17) is 10.00 Å². The molecule has 26 heavy (non-hydrogen) atoms. The van der Waals surface area contributed by atoms with E-state index in [-0.39, 0.29) is 28.9 Å². The van der Waals surface area contributed by atoms with Crippen molar-refractivity contribution in [2.75, 3.05) is 13.7 Å². The van der Waals surface area contributed by atoms with Crippen LogP contribution in [0.5, 0.6) is 5.75 Å². The van der Waals surface area contributed by atoms with Crippen LogP contribution in [0, 0.1) is 21.4 Å². The number of carbonyl (C=O) groups excluding carboxylic acids is 1. The number of amides is 1. The smallest absolute Gasteiger partial charge is 0.311 e. The van der Waals surface area contributed by atoms with Gasteiger partial charge in [-0.1, -0.05) is 12.1 Å². The van der Waals surface area contributed by atoms with Gasteiger partial charge >= 0.3 is 5.69 Å². The van der Waals surface area contributed by atoms with E-state index < -0.39 is 4.92 Å². The Balaban J connectivity index is 2.34. The monoisotopic (exact) mass is 353 g/mol. The third kappa shape index (κ3) is 3.81. The predicted molar refractivity (Wildman–Crippen MR) is 95.9 cm³/mol. The molecule has 0 heterocycles. The van der Waals surface area contributed by atoms with Gasteiger partial charge < -0.3 is 9.64 Å². The second kappa shape index (κ2) is 8.12. The Labute approximate surface area is 151 Å². The van der Waals surface area contributed by atoms with E-state index in [0.29, 0.717) is 12.1 Å². The Bertz CT molecular complexity index is 856.